The number of hydrogen-bond acceptors (Lipinski definition) is 4. The van der Waals surface area contributed by atoms with Gasteiger partial charge in [0.2, 0.25) is 0 Å². The second-order valence-electron chi connectivity index (χ2n) is 10.6. The van der Waals surface area contributed by atoms with Gasteiger partial charge in [0.15, 0.2) is 0 Å². The fourth-order valence-corrected chi connectivity index (χ4v) is 12.6. The standard InChI is InChI=1S/C30H28S4/c1-3-7-17(8-4-1)19-11-13-21-23(15-19)31-27-25(21)33-30-28-26(34-29(27)30)22-14-12-20(16-24(22)32-28)18-9-5-2-6-10-18/h11-18H,1-10H2. The molecule has 0 amide bonds. The van der Waals surface area contributed by atoms with Crippen LogP contribution in [0.15, 0.2) is 36.4 Å². The highest BCUT2D eigenvalue weighted by Crippen LogP contribution is 2.54. The number of hydrogen-bond donors (Lipinski definition) is 0. The Labute approximate surface area is 216 Å². The first kappa shape index (κ1) is 20.7. The zero-order valence-corrected chi connectivity index (χ0v) is 22.6. The highest BCUT2D eigenvalue weighted by Gasteiger charge is 2.22. The van der Waals surface area contributed by atoms with Gasteiger partial charge in [-0.05, 0) is 60.8 Å². The van der Waals surface area contributed by atoms with Crippen molar-refractivity contribution < 1.29 is 0 Å². The molecule has 34 heavy (non-hydrogen) atoms. The van der Waals surface area contributed by atoms with Crippen LogP contribution in [0.5, 0.6) is 0 Å². The Balaban J connectivity index is 1.25. The van der Waals surface area contributed by atoms with Gasteiger partial charge in [-0.1, -0.05) is 62.8 Å². The summed E-state index contributed by atoms with van der Waals surface area (Å²) < 4.78 is 12.2. The van der Waals surface area contributed by atoms with Gasteiger partial charge in [-0.2, -0.15) is 0 Å². The van der Waals surface area contributed by atoms with Crippen molar-refractivity contribution in [3.63, 3.8) is 0 Å². The Morgan fingerprint density at radius 2 is 0.853 bits per heavy atom. The molecule has 172 valence electrons. The fraction of sp³-hybridized carbons (Fsp3) is 0.400. The third kappa shape index (κ3) is 3.11. The van der Waals surface area contributed by atoms with Gasteiger partial charge in [0.1, 0.15) is 0 Å². The van der Waals surface area contributed by atoms with Crippen LogP contribution in [0.2, 0.25) is 0 Å². The van der Waals surface area contributed by atoms with E-state index in [1.165, 1.54) is 103 Å². The van der Waals surface area contributed by atoms with E-state index in [-0.39, 0.29) is 0 Å². The van der Waals surface area contributed by atoms with Crippen LogP contribution in [0.25, 0.3) is 48.4 Å². The summed E-state index contributed by atoms with van der Waals surface area (Å²) in [5, 5.41) is 2.98. The van der Waals surface area contributed by atoms with E-state index >= 15 is 0 Å². The molecule has 0 nitrogen and oxygen atoms in total. The zero-order chi connectivity index (χ0) is 22.2. The molecule has 0 spiro atoms. The first-order chi connectivity index (χ1) is 16.8. The van der Waals surface area contributed by atoms with E-state index in [1.54, 1.807) is 20.5 Å². The number of fused-ring (bicyclic) bond motifs is 9. The molecule has 6 aromatic rings. The van der Waals surface area contributed by atoms with Gasteiger partial charge in [0, 0.05) is 20.2 Å². The molecule has 8 rings (SSSR count). The molecule has 4 heteroatoms. The van der Waals surface area contributed by atoms with Crippen molar-refractivity contribution in [3.8, 4) is 0 Å². The van der Waals surface area contributed by atoms with Gasteiger partial charge in [-0.3, -0.25) is 0 Å². The Hall–Kier alpha value is -1.46. The molecule has 0 N–H and O–H groups in total. The van der Waals surface area contributed by atoms with E-state index < -0.39 is 0 Å². The van der Waals surface area contributed by atoms with E-state index in [1.807, 2.05) is 22.7 Å². The molecule has 4 heterocycles. The van der Waals surface area contributed by atoms with E-state index in [2.05, 4.69) is 59.1 Å². The summed E-state index contributed by atoms with van der Waals surface area (Å²) in [7, 11) is 0. The molecule has 0 atom stereocenters. The molecule has 0 saturated heterocycles. The molecular formula is C30H28S4. The van der Waals surface area contributed by atoms with Crippen LogP contribution < -0.4 is 0 Å². The topological polar surface area (TPSA) is 0 Å². The van der Waals surface area contributed by atoms with Crippen LogP contribution in [0, 0.1) is 0 Å². The maximum Gasteiger partial charge on any atom is 0.0651 e. The summed E-state index contributed by atoms with van der Waals surface area (Å²) in [5.74, 6) is 1.57. The maximum absolute atomic E-state index is 2.53. The molecule has 0 radical (unpaired) electrons. The minimum absolute atomic E-state index is 0.787. The Morgan fingerprint density at radius 1 is 0.441 bits per heavy atom. The zero-order valence-electron chi connectivity index (χ0n) is 19.3. The van der Waals surface area contributed by atoms with Crippen LogP contribution in [-0.2, 0) is 0 Å². The molecule has 2 aromatic carbocycles. The second-order valence-corrected chi connectivity index (χ2v) is 14.7. The van der Waals surface area contributed by atoms with Crippen molar-refractivity contribution in [2.24, 2.45) is 0 Å². The van der Waals surface area contributed by atoms with Gasteiger partial charge in [-0.15, -0.1) is 45.3 Å². The predicted molar refractivity (Wildman–Crippen MR) is 157 cm³/mol. The first-order valence-electron chi connectivity index (χ1n) is 13.1. The molecule has 2 saturated carbocycles. The van der Waals surface area contributed by atoms with Crippen molar-refractivity contribution in [2.45, 2.75) is 76.0 Å². The van der Waals surface area contributed by atoms with Gasteiger partial charge < -0.3 is 0 Å². The quantitative estimate of drug-likeness (QED) is 0.215. The van der Waals surface area contributed by atoms with E-state index in [9.17, 15) is 0 Å². The summed E-state index contributed by atoms with van der Waals surface area (Å²) in [4.78, 5) is 0. The van der Waals surface area contributed by atoms with E-state index in [4.69, 9.17) is 0 Å². The van der Waals surface area contributed by atoms with Crippen LogP contribution in [-0.4, -0.2) is 0 Å². The average Bonchev–Trinajstić information content (AvgIpc) is 3.61. The highest BCUT2D eigenvalue weighted by atomic mass is 32.1. The minimum Gasteiger partial charge on any atom is -0.133 e. The highest BCUT2D eigenvalue weighted by molar-refractivity contribution is 7.47. The number of benzene rings is 2. The van der Waals surface area contributed by atoms with Crippen molar-refractivity contribution in [1.82, 2.24) is 0 Å². The van der Waals surface area contributed by atoms with Gasteiger partial charge >= 0.3 is 0 Å². The van der Waals surface area contributed by atoms with Gasteiger partial charge in [-0.25, -0.2) is 0 Å². The van der Waals surface area contributed by atoms with Crippen molar-refractivity contribution >= 4 is 93.7 Å². The van der Waals surface area contributed by atoms with Crippen LogP contribution in [0.3, 0.4) is 0 Å². The second kappa shape index (κ2) is 8.03. The monoisotopic (exact) mass is 516 g/mol. The third-order valence-corrected chi connectivity index (χ3v) is 14.0. The first-order valence-corrected chi connectivity index (χ1v) is 16.3. The molecule has 4 aromatic heterocycles. The summed E-state index contributed by atoms with van der Waals surface area (Å²) in [5.41, 5.74) is 3.17. The lowest BCUT2D eigenvalue weighted by Crippen LogP contribution is -2.03. The molecule has 0 aliphatic heterocycles. The van der Waals surface area contributed by atoms with Crippen molar-refractivity contribution in [3.05, 3.63) is 47.5 Å². The summed E-state index contributed by atoms with van der Waals surface area (Å²) in [6, 6.07) is 14.8. The van der Waals surface area contributed by atoms with Gasteiger partial charge in [0.25, 0.3) is 0 Å². The van der Waals surface area contributed by atoms with E-state index in [0.717, 1.165) is 11.8 Å². The lowest BCUT2D eigenvalue weighted by atomic mass is 9.84. The summed E-state index contributed by atoms with van der Waals surface area (Å²) in [6.07, 6.45) is 14.0. The number of rotatable bonds is 2. The Morgan fingerprint density at radius 3 is 1.29 bits per heavy atom. The van der Waals surface area contributed by atoms with Crippen LogP contribution >= 0.6 is 45.3 Å². The lowest BCUT2D eigenvalue weighted by molar-refractivity contribution is 0.444. The lowest BCUT2D eigenvalue weighted by Gasteiger charge is -2.21. The van der Waals surface area contributed by atoms with Crippen molar-refractivity contribution in [1.29, 1.82) is 0 Å². The van der Waals surface area contributed by atoms with Crippen molar-refractivity contribution in [2.75, 3.05) is 0 Å². The smallest absolute Gasteiger partial charge is 0.0651 e. The Kier molecular flexibility index (Phi) is 4.89. The molecule has 2 aliphatic rings. The van der Waals surface area contributed by atoms with Gasteiger partial charge in [0.05, 0.1) is 28.2 Å². The normalized spacial score (nSPS) is 18.9. The fourth-order valence-electron chi connectivity index (χ4n) is 6.66. The third-order valence-electron chi connectivity index (χ3n) is 8.52. The average molecular weight is 517 g/mol. The predicted octanol–water partition coefficient (Wildman–Crippen LogP) is 11.8. The minimum atomic E-state index is 0.787. The SMILES string of the molecule is c1cc2c(cc1C1CCCCC1)sc1c2sc2c3sc4cc(C5CCCCC5)ccc4c3sc12. The molecule has 0 unspecified atom stereocenters. The molecular weight excluding hydrogens is 489 g/mol. The summed E-state index contributed by atoms with van der Waals surface area (Å²) in [6.45, 7) is 0. The Bertz CT molecular complexity index is 1550. The van der Waals surface area contributed by atoms with Crippen LogP contribution in [0.4, 0.5) is 0 Å². The molecule has 2 fully saturated rings. The van der Waals surface area contributed by atoms with Crippen LogP contribution in [0.1, 0.15) is 87.2 Å². The maximum atomic E-state index is 2.53. The molecule has 0 bridgehead atoms. The number of thiophene rings is 4. The van der Waals surface area contributed by atoms with E-state index in [0.29, 0.717) is 0 Å². The summed E-state index contributed by atoms with van der Waals surface area (Å²) >= 11 is 8.20. The molecule has 2 aliphatic carbocycles. The largest absolute Gasteiger partial charge is 0.133 e.